The minimum absolute atomic E-state index is 0.0324. The van der Waals surface area contributed by atoms with Gasteiger partial charge in [0.15, 0.2) is 11.5 Å². The molecule has 0 aromatic rings. The number of rotatable bonds is 5. The molecular formula is C18H26O3. The van der Waals surface area contributed by atoms with Gasteiger partial charge in [-0.25, -0.2) is 0 Å². The molecule has 0 heterocycles. The summed E-state index contributed by atoms with van der Waals surface area (Å²) in [5.41, 5.74) is 1.39. The molecule has 0 amide bonds. The third-order valence-electron chi connectivity index (χ3n) is 4.01. The zero-order chi connectivity index (χ0) is 15.4. The lowest BCUT2D eigenvalue weighted by atomic mass is 9.89. The average molecular weight is 290 g/mol. The van der Waals surface area contributed by atoms with Gasteiger partial charge in [0.05, 0.1) is 26.4 Å². The van der Waals surface area contributed by atoms with Crippen molar-refractivity contribution in [1.82, 2.24) is 0 Å². The van der Waals surface area contributed by atoms with Crippen molar-refractivity contribution in [1.29, 1.82) is 0 Å². The molecule has 116 valence electrons. The van der Waals surface area contributed by atoms with E-state index in [2.05, 4.69) is 39.0 Å². The Bertz CT molecular complexity index is 483. The maximum atomic E-state index is 6.21. The highest BCUT2D eigenvalue weighted by Gasteiger charge is 2.24. The highest BCUT2D eigenvalue weighted by atomic mass is 16.5. The molecule has 21 heavy (non-hydrogen) atoms. The predicted octanol–water partition coefficient (Wildman–Crippen LogP) is 3.99. The summed E-state index contributed by atoms with van der Waals surface area (Å²) in [6.07, 6.45) is 11.7. The molecule has 3 nitrogen and oxygen atoms in total. The summed E-state index contributed by atoms with van der Waals surface area (Å²) in [6.45, 7) is 6.64. The van der Waals surface area contributed by atoms with E-state index in [-0.39, 0.29) is 12.2 Å². The van der Waals surface area contributed by atoms with Crippen LogP contribution in [0.25, 0.3) is 0 Å². The van der Waals surface area contributed by atoms with E-state index in [0.717, 1.165) is 17.9 Å². The summed E-state index contributed by atoms with van der Waals surface area (Å²) < 4.78 is 16.8. The second-order valence-electron chi connectivity index (χ2n) is 5.92. The van der Waals surface area contributed by atoms with Crippen LogP contribution in [0.5, 0.6) is 0 Å². The quantitative estimate of drug-likeness (QED) is 0.766. The SMILES string of the molecule is COC1=CCC(OC2C=CC(C(C)C)=CC2C)C=C1OC. The fraction of sp³-hybridized carbons (Fsp3) is 0.556. The fourth-order valence-electron chi connectivity index (χ4n) is 2.68. The van der Waals surface area contributed by atoms with Gasteiger partial charge in [-0.3, -0.25) is 0 Å². The molecular weight excluding hydrogens is 264 g/mol. The van der Waals surface area contributed by atoms with Gasteiger partial charge in [0.2, 0.25) is 0 Å². The number of allylic oxidation sites excluding steroid dienone is 2. The molecule has 0 spiro atoms. The third kappa shape index (κ3) is 3.79. The van der Waals surface area contributed by atoms with Crippen LogP contribution in [0.4, 0.5) is 0 Å². The molecule has 0 N–H and O–H groups in total. The highest BCUT2D eigenvalue weighted by molar-refractivity contribution is 5.29. The van der Waals surface area contributed by atoms with Gasteiger partial charge in [-0.05, 0) is 30.1 Å². The van der Waals surface area contributed by atoms with Crippen LogP contribution in [-0.4, -0.2) is 26.4 Å². The lowest BCUT2D eigenvalue weighted by Crippen LogP contribution is -2.27. The van der Waals surface area contributed by atoms with E-state index in [1.807, 2.05) is 12.2 Å². The van der Waals surface area contributed by atoms with Gasteiger partial charge in [-0.1, -0.05) is 39.0 Å². The molecule has 0 aromatic heterocycles. The van der Waals surface area contributed by atoms with E-state index in [4.69, 9.17) is 14.2 Å². The van der Waals surface area contributed by atoms with Gasteiger partial charge in [-0.15, -0.1) is 0 Å². The van der Waals surface area contributed by atoms with Gasteiger partial charge in [0.25, 0.3) is 0 Å². The molecule has 3 heteroatoms. The van der Waals surface area contributed by atoms with Crippen LogP contribution in [0.3, 0.4) is 0 Å². The third-order valence-corrected chi connectivity index (χ3v) is 4.01. The molecule has 0 fully saturated rings. The Kier molecular flexibility index (Phi) is 5.29. The Hall–Kier alpha value is -1.48. The summed E-state index contributed by atoms with van der Waals surface area (Å²) in [7, 11) is 3.31. The second-order valence-corrected chi connectivity index (χ2v) is 5.92. The molecule has 0 radical (unpaired) electrons. The molecule has 2 rings (SSSR count). The van der Waals surface area contributed by atoms with Crippen LogP contribution < -0.4 is 0 Å². The molecule has 0 saturated heterocycles. The minimum Gasteiger partial charge on any atom is -0.493 e. The Morgan fingerprint density at radius 3 is 2.38 bits per heavy atom. The summed E-state index contributed by atoms with van der Waals surface area (Å²) in [5.74, 6) is 2.48. The van der Waals surface area contributed by atoms with E-state index in [9.17, 15) is 0 Å². The van der Waals surface area contributed by atoms with Crippen LogP contribution >= 0.6 is 0 Å². The minimum atomic E-state index is 0.0324. The Morgan fingerprint density at radius 2 is 1.81 bits per heavy atom. The largest absolute Gasteiger partial charge is 0.493 e. The van der Waals surface area contributed by atoms with Crippen molar-refractivity contribution in [3.05, 3.63) is 47.5 Å². The first-order valence-electron chi connectivity index (χ1n) is 7.60. The van der Waals surface area contributed by atoms with Gasteiger partial charge in [-0.2, -0.15) is 0 Å². The molecule has 3 atom stereocenters. The monoisotopic (exact) mass is 290 g/mol. The fourth-order valence-corrected chi connectivity index (χ4v) is 2.68. The highest BCUT2D eigenvalue weighted by Crippen LogP contribution is 2.28. The first-order chi connectivity index (χ1) is 10.0. The standard InChI is InChI=1S/C18H26O3/c1-12(2)14-6-8-16(13(3)10-14)21-15-7-9-17(19-4)18(11-15)20-5/h6,8-13,15-16H,7H2,1-5H3. The van der Waals surface area contributed by atoms with Crippen LogP contribution in [-0.2, 0) is 14.2 Å². The topological polar surface area (TPSA) is 27.7 Å². The first kappa shape index (κ1) is 15.9. The second kappa shape index (κ2) is 6.99. The smallest absolute Gasteiger partial charge is 0.158 e. The molecule has 3 unspecified atom stereocenters. The van der Waals surface area contributed by atoms with Crippen LogP contribution in [0, 0.1) is 11.8 Å². The maximum absolute atomic E-state index is 6.21. The van der Waals surface area contributed by atoms with E-state index in [1.165, 1.54) is 5.57 Å². The van der Waals surface area contributed by atoms with Gasteiger partial charge >= 0.3 is 0 Å². The lowest BCUT2D eigenvalue weighted by Gasteiger charge is -2.29. The zero-order valence-electron chi connectivity index (χ0n) is 13.6. The number of hydrogen-bond acceptors (Lipinski definition) is 3. The normalized spacial score (nSPS) is 28.9. The van der Waals surface area contributed by atoms with Crippen molar-refractivity contribution >= 4 is 0 Å². The molecule has 0 aromatic carbocycles. The van der Waals surface area contributed by atoms with E-state index in [1.54, 1.807) is 14.2 Å². The predicted molar refractivity (Wildman–Crippen MR) is 84.7 cm³/mol. The molecule has 0 aliphatic heterocycles. The first-order valence-corrected chi connectivity index (χ1v) is 7.60. The van der Waals surface area contributed by atoms with Crippen molar-refractivity contribution < 1.29 is 14.2 Å². The molecule has 0 saturated carbocycles. The summed E-state index contributed by atoms with van der Waals surface area (Å²) in [5, 5.41) is 0. The Morgan fingerprint density at radius 1 is 1.10 bits per heavy atom. The van der Waals surface area contributed by atoms with Crippen molar-refractivity contribution in [2.45, 2.75) is 39.4 Å². The number of ether oxygens (including phenoxy) is 3. The molecule has 2 aliphatic rings. The number of hydrogen-bond donors (Lipinski definition) is 0. The van der Waals surface area contributed by atoms with Crippen LogP contribution in [0.1, 0.15) is 27.2 Å². The Balaban J connectivity index is 2.00. The van der Waals surface area contributed by atoms with Gasteiger partial charge in [0, 0.05) is 5.92 Å². The van der Waals surface area contributed by atoms with Gasteiger partial charge in [0.1, 0.15) is 0 Å². The van der Waals surface area contributed by atoms with Crippen LogP contribution in [0.2, 0.25) is 0 Å². The van der Waals surface area contributed by atoms with Crippen molar-refractivity contribution in [3.63, 3.8) is 0 Å². The zero-order valence-corrected chi connectivity index (χ0v) is 13.6. The van der Waals surface area contributed by atoms with Crippen LogP contribution in [0.15, 0.2) is 47.5 Å². The molecule has 0 bridgehead atoms. The van der Waals surface area contributed by atoms with E-state index >= 15 is 0 Å². The van der Waals surface area contributed by atoms with Crippen molar-refractivity contribution in [3.8, 4) is 0 Å². The lowest BCUT2D eigenvalue weighted by molar-refractivity contribution is 0.0180. The Labute approximate surface area is 128 Å². The summed E-state index contributed by atoms with van der Waals surface area (Å²) >= 11 is 0. The van der Waals surface area contributed by atoms with E-state index in [0.29, 0.717) is 11.8 Å². The van der Waals surface area contributed by atoms with Crippen molar-refractivity contribution in [2.75, 3.05) is 14.2 Å². The van der Waals surface area contributed by atoms with Crippen molar-refractivity contribution in [2.24, 2.45) is 11.8 Å². The maximum Gasteiger partial charge on any atom is 0.158 e. The summed E-state index contributed by atoms with van der Waals surface area (Å²) in [6, 6.07) is 0. The number of methoxy groups -OCH3 is 2. The van der Waals surface area contributed by atoms with E-state index < -0.39 is 0 Å². The van der Waals surface area contributed by atoms with Gasteiger partial charge < -0.3 is 14.2 Å². The summed E-state index contributed by atoms with van der Waals surface area (Å²) in [4.78, 5) is 0. The molecule has 2 aliphatic carbocycles. The average Bonchev–Trinajstić information content (AvgIpc) is 2.48.